The first kappa shape index (κ1) is 28.2. The number of aliphatic hydroxyl groups excluding tert-OH is 1. The number of aliphatic hydroxyl groups is 1. The number of carboxylic acid groups (broad SMARTS) is 4. The molecule has 12 nitrogen and oxygen atoms in total. The zero-order chi connectivity index (χ0) is 19.2. The van der Waals surface area contributed by atoms with Crippen LogP contribution in [0.4, 0.5) is 0 Å². The van der Waals surface area contributed by atoms with Crippen molar-refractivity contribution in [2.45, 2.75) is 18.4 Å². The van der Waals surface area contributed by atoms with E-state index in [0.29, 0.717) is 6.54 Å². The summed E-state index contributed by atoms with van der Waals surface area (Å²) in [6.07, 6.45) is -1.33. The van der Waals surface area contributed by atoms with E-state index in [1.54, 1.807) is 0 Å². The second-order valence-corrected chi connectivity index (χ2v) is 4.68. The fraction of sp³-hybridized carbons (Fsp3) is 0.667. The minimum Gasteiger partial charge on any atom is -0.481 e. The Morgan fingerprint density at radius 3 is 1.52 bits per heavy atom. The molecule has 0 aromatic rings. The molecule has 0 unspecified atom stereocenters. The van der Waals surface area contributed by atoms with E-state index in [4.69, 9.17) is 31.3 Å². The normalized spacial score (nSPS) is 10.0. The molecule has 0 amide bonds. The summed E-state index contributed by atoms with van der Waals surface area (Å²) in [4.78, 5) is 42.5. The van der Waals surface area contributed by atoms with Gasteiger partial charge in [-0.05, 0) is 0 Å². The Hall–Kier alpha value is -1.66. The van der Waals surface area contributed by atoms with Gasteiger partial charge in [0, 0.05) is 32.6 Å². The Balaban J connectivity index is -0.000000867. The summed E-state index contributed by atoms with van der Waals surface area (Å²) in [5.41, 5.74) is 3.19. The molecule has 0 saturated heterocycles. The van der Waals surface area contributed by atoms with Crippen LogP contribution in [0, 0.1) is 0 Å². The van der Waals surface area contributed by atoms with Crippen LogP contribution in [0.3, 0.4) is 0 Å². The maximum absolute atomic E-state index is 10.8. The molecule has 0 rings (SSSR count). The number of carboxylic acids is 4. The van der Waals surface area contributed by atoms with Crippen LogP contribution >= 0.6 is 0 Å². The van der Waals surface area contributed by atoms with Gasteiger partial charge in [-0.1, -0.05) is 0 Å². The molecule has 9 N–H and O–H groups in total. The van der Waals surface area contributed by atoms with Crippen molar-refractivity contribution in [2.75, 3.05) is 32.8 Å². The maximum atomic E-state index is 10.8. The summed E-state index contributed by atoms with van der Waals surface area (Å²) in [5, 5.41) is 47.2. The predicted octanol–water partition coefficient (Wildman–Crippen LogP) is -3.04. The summed E-state index contributed by atoms with van der Waals surface area (Å²) >= 11 is 0. The fourth-order valence-corrected chi connectivity index (χ4v) is 1.63. The second-order valence-electron chi connectivity index (χ2n) is 4.68. The Bertz CT molecular complexity index is 416. The van der Waals surface area contributed by atoms with Crippen LogP contribution in [0.15, 0.2) is 0 Å². The first-order valence-electron chi connectivity index (χ1n) is 6.72. The van der Waals surface area contributed by atoms with E-state index in [-0.39, 0.29) is 32.6 Å². The first-order chi connectivity index (χ1) is 11.1. The SMILES string of the molecule is NCCO.O=C(O)CNCC(CC(=O)O)(CC(=O)O)NCC(=O)O.[Zn]. The summed E-state index contributed by atoms with van der Waals surface area (Å²) in [6.45, 7) is -0.990. The van der Waals surface area contributed by atoms with Gasteiger partial charge in [0.2, 0.25) is 0 Å². The molecule has 0 aliphatic rings. The third-order valence-corrected chi connectivity index (χ3v) is 2.46. The second kappa shape index (κ2) is 15.8. The minimum absolute atomic E-state index is 0. The average Bonchev–Trinajstić information content (AvgIpc) is 2.43. The van der Waals surface area contributed by atoms with Crippen LogP contribution in [0.2, 0.25) is 0 Å². The van der Waals surface area contributed by atoms with Crippen molar-refractivity contribution in [3.8, 4) is 0 Å². The topological polar surface area (TPSA) is 220 Å². The van der Waals surface area contributed by atoms with Gasteiger partial charge in [0.25, 0.3) is 0 Å². The van der Waals surface area contributed by atoms with E-state index in [0.717, 1.165) is 0 Å². The number of nitrogens with two attached hydrogens (primary N) is 1. The van der Waals surface area contributed by atoms with Crippen LogP contribution in [-0.4, -0.2) is 87.7 Å². The quantitative estimate of drug-likeness (QED) is 0.148. The molecule has 0 saturated carbocycles. The molecule has 142 valence electrons. The number of aliphatic carboxylic acids is 4. The van der Waals surface area contributed by atoms with Gasteiger partial charge in [-0.2, -0.15) is 0 Å². The largest absolute Gasteiger partial charge is 0.481 e. The third kappa shape index (κ3) is 18.5. The summed E-state index contributed by atoms with van der Waals surface area (Å²) in [7, 11) is 0. The van der Waals surface area contributed by atoms with Gasteiger partial charge in [0.05, 0.1) is 38.1 Å². The van der Waals surface area contributed by atoms with Crippen molar-refractivity contribution in [1.29, 1.82) is 0 Å². The van der Waals surface area contributed by atoms with Crippen molar-refractivity contribution < 1.29 is 64.2 Å². The van der Waals surface area contributed by atoms with Gasteiger partial charge < -0.3 is 36.6 Å². The zero-order valence-electron chi connectivity index (χ0n) is 13.6. The number of hydrogen-bond acceptors (Lipinski definition) is 8. The predicted molar refractivity (Wildman–Crippen MR) is 79.5 cm³/mol. The molecule has 0 bridgehead atoms. The molecule has 0 spiro atoms. The van der Waals surface area contributed by atoms with Crippen molar-refractivity contribution in [3.63, 3.8) is 0 Å². The molecule has 0 aliphatic heterocycles. The summed E-state index contributed by atoms with van der Waals surface area (Å²) in [5.74, 6) is -5.16. The Morgan fingerprint density at radius 2 is 1.24 bits per heavy atom. The monoisotopic (exact) mass is 417 g/mol. The molecule has 25 heavy (non-hydrogen) atoms. The van der Waals surface area contributed by atoms with Gasteiger partial charge in [0.15, 0.2) is 0 Å². The molecule has 13 heteroatoms. The summed E-state index contributed by atoms with van der Waals surface area (Å²) in [6, 6.07) is 0. The average molecular weight is 419 g/mol. The number of nitrogens with one attached hydrogen (secondary N) is 2. The van der Waals surface area contributed by atoms with Gasteiger partial charge in [0.1, 0.15) is 0 Å². The molecule has 0 atom stereocenters. The van der Waals surface area contributed by atoms with Gasteiger partial charge in [-0.3, -0.25) is 24.5 Å². The molecule has 0 heterocycles. The van der Waals surface area contributed by atoms with Crippen LogP contribution in [0.1, 0.15) is 12.8 Å². The van der Waals surface area contributed by atoms with Gasteiger partial charge in [-0.15, -0.1) is 0 Å². The van der Waals surface area contributed by atoms with Gasteiger partial charge in [-0.25, -0.2) is 0 Å². The van der Waals surface area contributed by atoms with E-state index in [2.05, 4.69) is 10.6 Å². The molecule has 0 aliphatic carbocycles. The molecule has 0 aromatic heterocycles. The Kier molecular flexibility index (Phi) is 17.8. The van der Waals surface area contributed by atoms with E-state index >= 15 is 0 Å². The number of carbonyl (C=O) groups is 4. The zero-order valence-corrected chi connectivity index (χ0v) is 16.6. The van der Waals surface area contributed by atoms with E-state index in [1.165, 1.54) is 0 Å². The number of rotatable bonds is 12. The Morgan fingerprint density at radius 1 is 0.840 bits per heavy atom. The van der Waals surface area contributed by atoms with E-state index < -0.39 is 55.3 Å². The summed E-state index contributed by atoms with van der Waals surface area (Å²) < 4.78 is 0. The fourth-order valence-electron chi connectivity index (χ4n) is 1.63. The van der Waals surface area contributed by atoms with Crippen LogP contribution in [0.25, 0.3) is 0 Å². The van der Waals surface area contributed by atoms with Crippen LogP contribution < -0.4 is 16.4 Å². The maximum Gasteiger partial charge on any atom is 0.317 e. The van der Waals surface area contributed by atoms with Crippen LogP contribution in [-0.2, 0) is 38.7 Å². The van der Waals surface area contributed by atoms with E-state index in [9.17, 15) is 19.2 Å². The van der Waals surface area contributed by atoms with Crippen molar-refractivity contribution in [2.24, 2.45) is 5.73 Å². The van der Waals surface area contributed by atoms with Crippen molar-refractivity contribution in [3.05, 3.63) is 0 Å². The minimum atomic E-state index is -1.59. The van der Waals surface area contributed by atoms with Gasteiger partial charge >= 0.3 is 23.9 Å². The molecular weight excluding hydrogens is 396 g/mol. The molecule has 0 fully saturated rings. The van der Waals surface area contributed by atoms with Crippen molar-refractivity contribution >= 4 is 23.9 Å². The third-order valence-electron chi connectivity index (χ3n) is 2.46. The smallest absolute Gasteiger partial charge is 0.317 e. The number of hydrogen-bond donors (Lipinski definition) is 8. The molecule has 0 aromatic carbocycles. The standard InChI is InChI=1S/C10H16N2O8.C2H7NO.Zn/c13-6(14)1-10(2-7(15)16,12-4-9(19)20)5-11-3-8(17)18;3-1-2-4;/h11-12H,1-5H2,(H,13,14)(H,15,16)(H,17,18)(H,19,20);4H,1-3H2;. The first-order valence-corrected chi connectivity index (χ1v) is 6.72. The Labute approximate surface area is 156 Å². The van der Waals surface area contributed by atoms with E-state index in [1.807, 2.05) is 0 Å². The molecular formula is C12H23N3O9Zn. The molecule has 0 radical (unpaired) electrons. The van der Waals surface area contributed by atoms with Crippen LogP contribution in [0.5, 0.6) is 0 Å². The van der Waals surface area contributed by atoms with Crippen molar-refractivity contribution in [1.82, 2.24) is 10.6 Å².